The van der Waals surface area contributed by atoms with E-state index in [1.54, 1.807) is 7.05 Å². The van der Waals surface area contributed by atoms with Crippen molar-refractivity contribution in [2.45, 2.75) is 25.7 Å². The second kappa shape index (κ2) is 8.37. The van der Waals surface area contributed by atoms with Crippen molar-refractivity contribution < 1.29 is 14.1 Å². The highest BCUT2D eigenvalue weighted by molar-refractivity contribution is 5.86. The smallest absolute Gasteiger partial charge is 0.236 e. The van der Waals surface area contributed by atoms with Crippen molar-refractivity contribution in [3.8, 4) is 11.3 Å². The molecule has 0 aliphatic carbocycles. The summed E-state index contributed by atoms with van der Waals surface area (Å²) in [7, 11) is 1.65. The van der Waals surface area contributed by atoms with E-state index in [0.29, 0.717) is 38.2 Å². The molecule has 0 unspecified atom stereocenters. The Morgan fingerprint density at radius 2 is 1.93 bits per heavy atom. The summed E-state index contributed by atoms with van der Waals surface area (Å²) in [6.45, 7) is 3.44. The zero-order valence-electron chi connectivity index (χ0n) is 16.9. The highest BCUT2D eigenvalue weighted by Gasteiger charge is 2.46. The van der Waals surface area contributed by atoms with Crippen molar-refractivity contribution in [2.75, 3.05) is 39.8 Å². The van der Waals surface area contributed by atoms with Crippen LogP contribution in [-0.4, -0.2) is 66.5 Å². The Morgan fingerprint density at radius 3 is 2.66 bits per heavy atom. The third-order valence-electron chi connectivity index (χ3n) is 6.11. The molecular weight excluding hydrogens is 368 g/mol. The van der Waals surface area contributed by atoms with Crippen LogP contribution in [0.4, 0.5) is 0 Å². The van der Waals surface area contributed by atoms with E-state index < -0.39 is 5.41 Å². The van der Waals surface area contributed by atoms with E-state index in [1.165, 1.54) is 0 Å². The van der Waals surface area contributed by atoms with Crippen LogP contribution in [0.25, 0.3) is 11.3 Å². The van der Waals surface area contributed by atoms with Gasteiger partial charge < -0.3 is 14.7 Å². The van der Waals surface area contributed by atoms with E-state index in [4.69, 9.17) is 4.52 Å². The minimum Gasteiger partial charge on any atom is -0.361 e. The first kappa shape index (κ1) is 19.6. The van der Waals surface area contributed by atoms with Crippen LogP contribution in [0, 0.1) is 5.41 Å². The van der Waals surface area contributed by atoms with Gasteiger partial charge in [-0.25, -0.2) is 0 Å². The van der Waals surface area contributed by atoms with Crippen LogP contribution in [0.3, 0.4) is 0 Å². The van der Waals surface area contributed by atoms with Gasteiger partial charge in [-0.2, -0.15) is 0 Å². The van der Waals surface area contributed by atoms with Gasteiger partial charge in [-0.3, -0.25) is 14.5 Å². The predicted molar refractivity (Wildman–Crippen MR) is 109 cm³/mol. The van der Waals surface area contributed by atoms with Crippen LogP contribution in [0.2, 0.25) is 0 Å². The minimum atomic E-state index is -0.678. The molecule has 2 aliphatic rings. The zero-order chi connectivity index (χ0) is 20.3. The van der Waals surface area contributed by atoms with Crippen LogP contribution in [0.5, 0.6) is 0 Å². The molecule has 2 aromatic rings. The molecule has 154 valence electrons. The van der Waals surface area contributed by atoms with Crippen molar-refractivity contribution in [1.29, 1.82) is 0 Å². The maximum absolute atomic E-state index is 12.8. The maximum atomic E-state index is 12.8. The van der Waals surface area contributed by atoms with E-state index in [2.05, 4.69) is 15.4 Å². The normalized spacial score (nSPS) is 22.2. The molecule has 0 spiro atoms. The molecular formula is C22H28N4O3. The fraction of sp³-hybridized carbons (Fsp3) is 0.500. The van der Waals surface area contributed by atoms with E-state index in [1.807, 2.05) is 41.3 Å². The number of hydrogen-bond donors (Lipinski definition) is 1. The Balaban J connectivity index is 1.47. The molecule has 0 radical (unpaired) electrons. The summed E-state index contributed by atoms with van der Waals surface area (Å²) in [6, 6.07) is 11.7. The molecule has 2 saturated heterocycles. The quantitative estimate of drug-likeness (QED) is 0.807. The van der Waals surface area contributed by atoms with Crippen molar-refractivity contribution in [2.24, 2.45) is 5.41 Å². The number of aromatic nitrogens is 1. The van der Waals surface area contributed by atoms with Gasteiger partial charge in [0.05, 0.1) is 12.0 Å². The van der Waals surface area contributed by atoms with Gasteiger partial charge in [0, 0.05) is 38.2 Å². The summed E-state index contributed by atoms with van der Waals surface area (Å²) in [5.74, 6) is 0.730. The van der Waals surface area contributed by atoms with Gasteiger partial charge in [-0.05, 0) is 32.4 Å². The number of amides is 2. The van der Waals surface area contributed by atoms with Crippen molar-refractivity contribution in [1.82, 2.24) is 20.3 Å². The van der Waals surface area contributed by atoms with Crippen LogP contribution in [-0.2, 0) is 16.0 Å². The molecule has 7 nitrogen and oxygen atoms in total. The Bertz CT molecular complexity index is 860. The number of nitrogens with zero attached hydrogens (tertiary/aromatic N) is 3. The molecule has 7 heteroatoms. The van der Waals surface area contributed by atoms with Gasteiger partial charge >= 0.3 is 0 Å². The maximum Gasteiger partial charge on any atom is 0.236 e. The molecule has 0 bridgehead atoms. The number of carbonyl (C=O) groups is 2. The number of benzene rings is 1. The van der Waals surface area contributed by atoms with E-state index >= 15 is 0 Å². The number of carbonyl (C=O) groups excluding carboxylic acids is 2. The summed E-state index contributed by atoms with van der Waals surface area (Å²) in [6.07, 6.45) is 3.37. The summed E-state index contributed by atoms with van der Waals surface area (Å²) in [4.78, 5) is 29.6. The zero-order valence-corrected chi connectivity index (χ0v) is 16.9. The highest BCUT2D eigenvalue weighted by atomic mass is 16.5. The lowest BCUT2D eigenvalue weighted by atomic mass is 9.81. The Morgan fingerprint density at radius 1 is 1.17 bits per heavy atom. The summed E-state index contributed by atoms with van der Waals surface area (Å²) >= 11 is 0. The van der Waals surface area contributed by atoms with Gasteiger partial charge in [0.15, 0.2) is 0 Å². The van der Waals surface area contributed by atoms with Crippen LogP contribution in [0.1, 0.15) is 25.0 Å². The predicted octanol–water partition coefficient (Wildman–Crippen LogP) is 1.94. The fourth-order valence-electron chi connectivity index (χ4n) is 4.47. The number of nitrogens with one attached hydrogen (secondary N) is 1. The molecule has 3 heterocycles. The third kappa shape index (κ3) is 4.19. The molecule has 1 atom stereocenters. The molecule has 1 N–H and O–H groups in total. The van der Waals surface area contributed by atoms with Gasteiger partial charge in [0.25, 0.3) is 0 Å². The Kier molecular flexibility index (Phi) is 5.67. The van der Waals surface area contributed by atoms with Crippen LogP contribution in [0.15, 0.2) is 40.9 Å². The van der Waals surface area contributed by atoms with Gasteiger partial charge in [0.1, 0.15) is 11.5 Å². The molecule has 0 saturated carbocycles. The fourth-order valence-corrected chi connectivity index (χ4v) is 4.47. The topological polar surface area (TPSA) is 78.7 Å². The van der Waals surface area contributed by atoms with Crippen molar-refractivity contribution in [3.63, 3.8) is 0 Å². The lowest BCUT2D eigenvalue weighted by Gasteiger charge is -2.27. The van der Waals surface area contributed by atoms with Crippen molar-refractivity contribution in [3.05, 3.63) is 42.2 Å². The average molecular weight is 396 g/mol. The van der Waals surface area contributed by atoms with Crippen molar-refractivity contribution >= 4 is 11.8 Å². The van der Waals surface area contributed by atoms with Gasteiger partial charge in [-0.15, -0.1) is 0 Å². The first-order valence-corrected chi connectivity index (χ1v) is 10.3. The summed E-state index contributed by atoms with van der Waals surface area (Å²) < 4.78 is 5.56. The summed E-state index contributed by atoms with van der Waals surface area (Å²) in [5.41, 5.74) is 1.06. The van der Waals surface area contributed by atoms with Gasteiger partial charge in [0.2, 0.25) is 11.8 Å². The first-order valence-electron chi connectivity index (χ1n) is 10.3. The SMILES string of the molecule is CNC(=O)[C@@]1(Cc2cc(-c3ccccc3)no2)CCN(C(=O)CN2CCCC2)C1. The Labute approximate surface area is 171 Å². The molecule has 1 aromatic carbocycles. The molecule has 4 rings (SSSR count). The van der Waals surface area contributed by atoms with E-state index in [-0.39, 0.29) is 11.8 Å². The Hall–Kier alpha value is -2.67. The standard InChI is InChI=1S/C22H28N4O3/c1-23-21(28)22(9-12-26(16-22)20(27)15-25-10-5-6-11-25)14-18-13-19(24-29-18)17-7-3-2-4-8-17/h2-4,7-8,13H,5-6,9-12,14-16H2,1H3,(H,23,28)/t22-/m1/s1. The lowest BCUT2D eigenvalue weighted by molar-refractivity contribution is -0.133. The number of hydrogen-bond acceptors (Lipinski definition) is 5. The molecule has 1 aromatic heterocycles. The monoisotopic (exact) mass is 396 g/mol. The van der Waals surface area contributed by atoms with Gasteiger partial charge in [-0.1, -0.05) is 35.5 Å². The second-order valence-electron chi connectivity index (χ2n) is 8.13. The minimum absolute atomic E-state index is 0.0494. The van der Waals surface area contributed by atoms with E-state index in [9.17, 15) is 9.59 Å². The first-order chi connectivity index (χ1) is 14.1. The number of rotatable bonds is 6. The number of likely N-dealkylation sites (tertiary alicyclic amines) is 2. The molecule has 2 amide bonds. The molecule has 2 fully saturated rings. The van der Waals surface area contributed by atoms with E-state index in [0.717, 1.165) is 37.2 Å². The molecule has 29 heavy (non-hydrogen) atoms. The van der Waals surface area contributed by atoms with Crippen LogP contribution >= 0.6 is 0 Å². The molecule has 2 aliphatic heterocycles. The third-order valence-corrected chi connectivity index (χ3v) is 6.11. The average Bonchev–Trinajstić information content (AvgIpc) is 3.50. The summed E-state index contributed by atoms with van der Waals surface area (Å²) in [5, 5.41) is 6.96. The largest absolute Gasteiger partial charge is 0.361 e. The lowest BCUT2D eigenvalue weighted by Crippen LogP contribution is -2.45. The second-order valence-corrected chi connectivity index (χ2v) is 8.13. The highest BCUT2D eigenvalue weighted by Crippen LogP contribution is 2.35. The van der Waals surface area contributed by atoms with Crippen LogP contribution < -0.4 is 5.32 Å².